The maximum absolute atomic E-state index is 12.1. The Bertz CT molecular complexity index is 664. The van der Waals surface area contributed by atoms with E-state index in [1.54, 1.807) is 12.1 Å². The number of rotatable bonds is 4. The molecule has 6 heteroatoms. The zero-order valence-corrected chi connectivity index (χ0v) is 10.5. The first-order valence-electron chi connectivity index (χ1n) is 6.28. The molecule has 0 spiro atoms. The Hall–Kier alpha value is -2.24. The van der Waals surface area contributed by atoms with Crippen LogP contribution in [0.15, 0.2) is 35.1 Å². The Morgan fingerprint density at radius 1 is 1.25 bits per heavy atom. The summed E-state index contributed by atoms with van der Waals surface area (Å²) in [6.45, 7) is -2.85. The molecule has 20 heavy (non-hydrogen) atoms. The van der Waals surface area contributed by atoms with E-state index >= 15 is 0 Å². The molecule has 1 saturated carbocycles. The molecule has 0 bridgehead atoms. The normalized spacial score (nSPS) is 14.6. The molecule has 1 aromatic carbocycles. The summed E-state index contributed by atoms with van der Waals surface area (Å²) < 4.78 is 28.4. The van der Waals surface area contributed by atoms with Gasteiger partial charge in [-0.3, -0.25) is 4.79 Å². The van der Waals surface area contributed by atoms with Crippen molar-refractivity contribution < 1.29 is 13.5 Å². The maximum Gasteiger partial charge on any atom is 0.387 e. The molecular formula is C14H12F2N2O2. The van der Waals surface area contributed by atoms with Crippen LogP contribution in [-0.4, -0.2) is 16.6 Å². The third-order valence-electron chi connectivity index (χ3n) is 3.11. The molecule has 1 aromatic heterocycles. The number of hydrogen-bond donors (Lipinski definition) is 1. The van der Waals surface area contributed by atoms with E-state index in [4.69, 9.17) is 0 Å². The monoisotopic (exact) mass is 278 g/mol. The number of aromatic nitrogens is 2. The van der Waals surface area contributed by atoms with Crippen LogP contribution in [0.4, 0.5) is 8.78 Å². The summed E-state index contributed by atoms with van der Waals surface area (Å²) in [4.78, 5) is 18.7. The predicted octanol–water partition coefficient (Wildman–Crippen LogP) is 2.92. The van der Waals surface area contributed by atoms with E-state index in [0.717, 1.165) is 18.5 Å². The molecule has 3 rings (SSSR count). The highest BCUT2D eigenvalue weighted by atomic mass is 19.3. The molecule has 1 heterocycles. The smallest absolute Gasteiger partial charge is 0.387 e. The van der Waals surface area contributed by atoms with E-state index in [1.807, 2.05) is 0 Å². The van der Waals surface area contributed by atoms with Crippen molar-refractivity contribution in [2.24, 2.45) is 0 Å². The van der Waals surface area contributed by atoms with Gasteiger partial charge >= 0.3 is 6.61 Å². The number of aromatic amines is 1. The Labute approximate surface area is 113 Å². The first-order valence-corrected chi connectivity index (χ1v) is 6.28. The molecule has 1 fully saturated rings. The molecule has 0 saturated heterocycles. The lowest BCUT2D eigenvalue weighted by molar-refractivity contribution is -0.0498. The van der Waals surface area contributed by atoms with Crippen molar-refractivity contribution in [2.45, 2.75) is 25.4 Å². The minimum Gasteiger partial charge on any atom is -0.435 e. The SMILES string of the molecule is O=c1cc(C2CC2)nc(-c2ccc(OC(F)F)cc2)[nH]1. The first-order chi connectivity index (χ1) is 9.61. The van der Waals surface area contributed by atoms with E-state index in [-0.39, 0.29) is 11.3 Å². The van der Waals surface area contributed by atoms with Gasteiger partial charge in [-0.1, -0.05) is 0 Å². The number of nitrogens with one attached hydrogen (secondary N) is 1. The maximum atomic E-state index is 12.1. The van der Waals surface area contributed by atoms with Crippen LogP contribution >= 0.6 is 0 Å². The highest BCUT2D eigenvalue weighted by Crippen LogP contribution is 2.38. The fraction of sp³-hybridized carbons (Fsp3) is 0.286. The molecule has 1 N–H and O–H groups in total. The summed E-state index contributed by atoms with van der Waals surface area (Å²) in [6.07, 6.45) is 2.11. The number of ether oxygens (including phenoxy) is 1. The van der Waals surface area contributed by atoms with Gasteiger partial charge in [-0.2, -0.15) is 8.78 Å². The van der Waals surface area contributed by atoms with Crippen LogP contribution in [0.3, 0.4) is 0 Å². The second-order valence-corrected chi connectivity index (χ2v) is 4.70. The minimum atomic E-state index is -2.85. The average molecular weight is 278 g/mol. The van der Waals surface area contributed by atoms with Gasteiger partial charge in [-0.25, -0.2) is 4.98 Å². The van der Waals surface area contributed by atoms with E-state index < -0.39 is 6.61 Å². The highest BCUT2D eigenvalue weighted by Gasteiger charge is 2.25. The second kappa shape index (κ2) is 5.03. The molecule has 4 nitrogen and oxygen atoms in total. The summed E-state index contributed by atoms with van der Waals surface area (Å²) in [5.41, 5.74) is 1.24. The largest absolute Gasteiger partial charge is 0.435 e. The third-order valence-corrected chi connectivity index (χ3v) is 3.11. The van der Waals surface area contributed by atoms with E-state index in [2.05, 4.69) is 14.7 Å². The molecule has 104 valence electrons. The molecule has 0 atom stereocenters. The summed E-state index contributed by atoms with van der Waals surface area (Å²) in [7, 11) is 0. The zero-order chi connectivity index (χ0) is 14.1. The van der Waals surface area contributed by atoms with Crippen LogP contribution in [0.5, 0.6) is 5.75 Å². The average Bonchev–Trinajstić information content (AvgIpc) is 3.22. The van der Waals surface area contributed by atoms with Gasteiger partial charge in [0.2, 0.25) is 0 Å². The second-order valence-electron chi connectivity index (χ2n) is 4.70. The van der Waals surface area contributed by atoms with Crippen molar-refractivity contribution in [1.29, 1.82) is 0 Å². The van der Waals surface area contributed by atoms with Crippen molar-refractivity contribution >= 4 is 0 Å². The van der Waals surface area contributed by atoms with Crippen LogP contribution in [-0.2, 0) is 0 Å². The lowest BCUT2D eigenvalue weighted by Gasteiger charge is -2.06. The van der Waals surface area contributed by atoms with Crippen molar-refractivity contribution in [2.75, 3.05) is 0 Å². The van der Waals surface area contributed by atoms with Gasteiger partial charge < -0.3 is 9.72 Å². The number of nitrogens with zero attached hydrogens (tertiary/aromatic N) is 1. The fourth-order valence-corrected chi connectivity index (χ4v) is 2.00. The summed E-state index contributed by atoms with van der Waals surface area (Å²) in [6, 6.07) is 7.53. The van der Waals surface area contributed by atoms with Gasteiger partial charge in [0.1, 0.15) is 11.6 Å². The van der Waals surface area contributed by atoms with Gasteiger partial charge in [0, 0.05) is 17.5 Å². The van der Waals surface area contributed by atoms with Crippen molar-refractivity contribution in [1.82, 2.24) is 9.97 Å². The quantitative estimate of drug-likeness (QED) is 0.935. The predicted molar refractivity (Wildman–Crippen MR) is 68.9 cm³/mol. The topological polar surface area (TPSA) is 55.0 Å². The Balaban J connectivity index is 1.90. The van der Waals surface area contributed by atoms with Crippen molar-refractivity contribution in [3.8, 4) is 17.1 Å². The van der Waals surface area contributed by atoms with E-state index in [1.165, 1.54) is 18.2 Å². The van der Waals surface area contributed by atoms with Crippen LogP contribution in [0.2, 0.25) is 0 Å². The van der Waals surface area contributed by atoms with Gasteiger partial charge in [-0.05, 0) is 37.1 Å². The summed E-state index contributed by atoms with van der Waals surface area (Å²) in [5, 5.41) is 0. The Morgan fingerprint density at radius 3 is 2.55 bits per heavy atom. The van der Waals surface area contributed by atoms with E-state index in [9.17, 15) is 13.6 Å². The lowest BCUT2D eigenvalue weighted by atomic mass is 10.2. The molecular weight excluding hydrogens is 266 g/mol. The molecule has 0 amide bonds. The molecule has 1 aliphatic carbocycles. The Morgan fingerprint density at radius 2 is 1.95 bits per heavy atom. The third kappa shape index (κ3) is 2.84. The molecule has 1 aliphatic rings. The van der Waals surface area contributed by atoms with Crippen molar-refractivity contribution in [3.05, 3.63) is 46.4 Å². The molecule has 2 aromatic rings. The van der Waals surface area contributed by atoms with Crippen LogP contribution in [0.1, 0.15) is 24.5 Å². The van der Waals surface area contributed by atoms with Crippen LogP contribution in [0, 0.1) is 0 Å². The van der Waals surface area contributed by atoms with Crippen LogP contribution < -0.4 is 10.3 Å². The zero-order valence-electron chi connectivity index (χ0n) is 10.5. The number of benzene rings is 1. The lowest BCUT2D eigenvalue weighted by Crippen LogP contribution is -2.10. The number of hydrogen-bond acceptors (Lipinski definition) is 3. The minimum absolute atomic E-state index is 0.0736. The summed E-state index contributed by atoms with van der Waals surface area (Å²) >= 11 is 0. The molecule has 0 unspecified atom stereocenters. The number of alkyl halides is 2. The first kappa shape index (κ1) is 12.8. The summed E-state index contributed by atoms with van der Waals surface area (Å²) in [5.74, 6) is 0.893. The highest BCUT2D eigenvalue weighted by molar-refractivity contribution is 5.56. The van der Waals surface area contributed by atoms with Gasteiger partial charge in [-0.15, -0.1) is 0 Å². The van der Waals surface area contributed by atoms with Gasteiger partial charge in [0.05, 0.1) is 5.69 Å². The standard InChI is InChI=1S/C14H12F2N2O2/c15-14(16)20-10-5-3-9(4-6-10)13-17-11(8-1-2-8)7-12(19)18-13/h3-8,14H,1-2H2,(H,17,18,19). The van der Waals surface area contributed by atoms with E-state index in [0.29, 0.717) is 17.3 Å². The van der Waals surface area contributed by atoms with Crippen LogP contribution in [0.25, 0.3) is 11.4 Å². The molecule has 0 aliphatic heterocycles. The number of H-pyrrole nitrogens is 1. The van der Waals surface area contributed by atoms with Gasteiger partial charge in [0.15, 0.2) is 0 Å². The van der Waals surface area contributed by atoms with Crippen molar-refractivity contribution in [3.63, 3.8) is 0 Å². The number of halogens is 2. The van der Waals surface area contributed by atoms with Gasteiger partial charge in [0.25, 0.3) is 5.56 Å². The fourth-order valence-electron chi connectivity index (χ4n) is 2.00. The molecule has 0 radical (unpaired) electrons. The Kier molecular flexibility index (Phi) is 3.22.